The number of nitrogens with one attached hydrogen (secondary N) is 1. The van der Waals surface area contributed by atoms with Crippen LogP contribution in [0.3, 0.4) is 0 Å². The fourth-order valence-corrected chi connectivity index (χ4v) is 2.48. The Hall–Kier alpha value is -2.44. The van der Waals surface area contributed by atoms with E-state index in [2.05, 4.69) is 5.32 Å². The van der Waals surface area contributed by atoms with Gasteiger partial charge in [0.25, 0.3) is 0 Å². The lowest BCUT2D eigenvalue weighted by atomic mass is 10.1. The average Bonchev–Trinajstić information content (AvgIpc) is 2.56. The summed E-state index contributed by atoms with van der Waals surface area (Å²) in [4.78, 5) is 25.4. The van der Waals surface area contributed by atoms with Crippen molar-refractivity contribution in [2.75, 3.05) is 26.8 Å². The summed E-state index contributed by atoms with van der Waals surface area (Å²) < 4.78 is 16.2. The second-order valence-electron chi connectivity index (χ2n) is 7.26. The monoisotopic (exact) mass is 364 g/mol. The molecular weight excluding hydrogens is 336 g/mol. The molecule has 0 atom stereocenters. The molecule has 0 unspecified atom stereocenters. The largest absolute Gasteiger partial charge is 0.486 e. The first-order valence-electron chi connectivity index (χ1n) is 8.84. The molecule has 0 radical (unpaired) electrons. The molecule has 1 aromatic carbocycles. The maximum atomic E-state index is 12.2. The molecule has 1 heterocycles. The summed E-state index contributed by atoms with van der Waals surface area (Å²) in [6.07, 6.45) is 0.454. The highest BCUT2D eigenvalue weighted by Crippen LogP contribution is 2.31. The number of carbonyl (C=O) groups excluding carboxylic acids is 2. The molecule has 2 rings (SSSR count). The van der Waals surface area contributed by atoms with Crippen molar-refractivity contribution in [3.8, 4) is 11.5 Å². The molecule has 7 heteroatoms. The first-order chi connectivity index (χ1) is 12.2. The van der Waals surface area contributed by atoms with Gasteiger partial charge in [0, 0.05) is 26.6 Å². The van der Waals surface area contributed by atoms with E-state index in [0.717, 1.165) is 17.1 Å². The van der Waals surface area contributed by atoms with Crippen molar-refractivity contribution < 1.29 is 23.8 Å². The summed E-state index contributed by atoms with van der Waals surface area (Å²) in [5, 5.41) is 2.66. The summed E-state index contributed by atoms with van der Waals surface area (Å²) in [6, 6.07) is 5.70. The van der Waals surface area contributed by atoms with Gasteiger partial charge in [-0.05, 0) is 44.9 Å². The topological polar surface area (TPSA) is 77.1 Å². The third-order valence-electron chi connectivity index (χ3n) is 3.69. The van der Waals surface area contributed by atoms with Crippen LogP contribution in [-0.4, -0.2) is 49.3 Å². The van der Waals surface area contributed by atoms with Gasteiger partial charge in [-0.1, -0.05) is 6.07 Å². The van der Waals surface area contributed by atoms with Crippen LogP contribution in [0.2, 0.25) is 0 Å². The van der Waals surface area contributed by atoms with E-state index in [1.54, 1.807) is 11.9 Å². The number of hydrogen-bond donors (Lipinski definition) is 1. The molecule has 0 saturated carbocycles. The third kappa shape index (κ3) is 6.46. The first-order valence-corrected chi connectivity index (χ1v) is 8.84. The highest BCUT2D eigenvalue weighted by Gasteiger charge is 2.16. The van der Waals surface area contributed by atoms with Crippen LogP contribution in [0.15, 0.2) is 18.2 Å². The predicted octanol–water partition coefficient (Wildman–Crippen LogP) is 2.72. The van der Waals surface area contributed by atoms with Crippen molar-refractivity contribution in [3.05, 3.63) is 23.8 Å². The minimum absolute atomic E-state index is 0.0193. The zero-order valence-electron chi connectivity index (χ0n) is 16.0. The van der Waals surface area contributed by atoms with Crippen molar-refractivity contribution in [1.82, 2.24) is 10.2 Å². The van der Waals surface area contributed by atoms with E-state index in [1.165, 1.54) is 0 Å². The number of alkyl carbamates (subject to hydrolysis) is 1. The number of carbonyl (C=O) groups is 2. The third-order valence-corrected chi connectivity index (χ3v) is 3.69. The molecule has 0 aromatic heterocycles. The molecule has 1 aromatic rings. The van der Waals surface area contributed by atoms with Gasteiger partial charge in [0.05, 0.1) is 0 Å². The smallest absolute Gasteiger partial charge is 0.407 e. The highest BCUT2D eigenvalue weighted by molar-refractivity contribution is 5.76. The minimum Gasteiger partial charge on any atom is -0.486 e. The Balaban J connectivity index is 1.71. The Labute approximate surface area is 154 Å². The van der Waals surface area contributed by atoms with Crippen molar-refractivity contribution >= 4 is 12.0 Å². The van der Waals surface area contributed by atoms with Gasteiger partial charge < -0.3 is 24.4 Å². The number of ether oxygens (including phenoxy) is 3. The van der Waals surface area contributed by atoms with Crippen molar-refractivity contribution in [3.63, 3.8) is 0 Å². The summed E-state index contributed by atoms with van der Waals surface area (Å²) in [6.45, 7) is 7.42. The quantitative estimate of drug-likeness (QED) is 0.786. The standard InChI is InChI=1S/C19H28N2O5/c1-19(2,3)26-18(23)20-9-5-6-17(22)21(4)13-14-7-8-15-16(12-14)25-11-10-24-15/h7-8,12H,5-6,9-11,13H2,1-4H3,(H,20,23). The Kier molecular flexibility index (Phi) is 6.71. The second kappa shape index (κ2) is 8.78. The van der Waals surface area contributed by atoms with Crippen LogP contribution in [-0.2, 0) is 16.1 Å². The lowest BCUT2D eigenvalue weighted by Gasteiger charge is -2.21. The van der Waals surface area contributed by atoms with E-state index >= 15 is 0 Å². The van der Waals surface area contributed by atoms with Gasteiger partial charge in [0.15, 0.2) is 11.5 Å². The van der Waals surface area contributed by atoms with Crippen LogP contribution in [0.1, 0.15) is 39.2 Å². The highest BCUT2D eigenvalue weighted by atomic mass is 16.6. The zero-order valence-corrected chi connectivity index (χ0v) is 16.0. The van der Waals surface area contributed by atoms with E-state index in [1.807, 2.05) is 39.0 Å². The molecule has 0 saturated heterocycles. The normalized spacial score (nSPS) is 13.1. The first kappa shape index (κ1) is 19.9. The van der Waals surface area contributed by atoms with Gasteiger partial charge in [0.1, 0.15) is 18.8 Å². The van der Waals surface area contributed by atoms with Crippen LogP contribution < -0.4 is 14.8 Å². The summed E-state index contributed by atoms with van der Waals surface area (Å²) >= 11 is 0. The SMILES string of the molecule is CN(Cc1ccc2c(c1)OCCO2)C(=O)CCCNC(=O)OC(C)(C)C. The molecule has 1 aliphatic rings. The number of hydrogen-bond acceptors (Lipinski definition) is 5. The molecule has 26 heavy (non-hydrogen) atoms. The lowest BCUT2D eigenvalue weighted by Crippen LogP contribution is -2.33. The molecule has 0 aliphatic carbocycles. The second-order valence-corrected chi connectivity index (χ2v) is 7.26. The van der Waals surface area contributed by atoms with Gasteiger partial charge in [-0.25, -0.2) is 4.79 Å². The number of benzene rings is 1. The Morgan fingerprint density at radius 1 is 1.19 bits per heavy atom. The van der Waals surface area contributed by atoms with Crippen LogP contribution >= 0.6 is 0 Å². The number of amides is 2. The van der Waals surface area contributed by atoms with E-state index in [0.29, 0.717) is 39.1 Å². The molecule has 0 bridgehead atoms. The Bertz CT molecular complexity index is 639. The molecule has 1 aliphatic heterocycles. The number of fused-ring (bicyclic) bond motifs is 1. The van der Waals surface area contributed by atoms with E-state index < -0.39 is 11.7 Å². The molecule has 1 N–H and O–H groups in total. The molecule has 0 spiro atoms. The number of nitrogens with zero attached hydrogens (tertiary/aromatic N) is 1. The maximum Gasteiger partial charge on any atom is 0.407 e. The molecular formula is C19H28N2O5. The zero-order chi connectivity index (χ0) is 19.2. The van der Waals surface area contributed by atoms with Gasteiger partial charge in [-0.2, -0.15) is 0 Å². The van der Waals surface area contributed by atoms with Crippen LogP contribution in [0, 0.1) is 0 Å². The van der Waals surface area contributed by atoms with Gasteiger partial charge in [-0.15, -0.1) is 0 Å². The Morgan fingerprint density at radius 3 is 2.58 bits per heavy atom. The molecule has 2 amide bonds. The number of rotatable bonds is 6. The summed E-state index contributed by atoms with van der Waals surface area (Å²) in [5.74, 6) is 1.48. The van der Waals surface area contributed by atoms with Crippen LogP contribution in [0.5, 0.6) is 11.5 Å². The van der Waals surface area contributed by atoms with Crippen LogP contribution in [0.25, 0.3) is 0 Å². The van der Waals surface area contributed by atoms with Crippen LogP contribution in [0.4, 0.5) is 4.79 Å². The van der Waals surface area contributed by atoms with E-state index in [-0.39, 0.29) is 5.91 Å². The summed E-state index contributed by atoms with van der Waals surface area (Å²) in [5.41, 5.74) is 0.459. The maximum absolute atomic E-state index is 12.2. The van der Waals surface area contributed by atoms with E-state index in [9.17, 15) is 9.59 Å². The molecule has 0 fully saturated rings. The molecule has 144 valence electrons. The van der Waals surface area contributed by atoms with Gasteiger partial charge >= 0.3 is 6.09 Å². The van der Waals surface area contributed by atoms with Gasteiger partial charge in [-0.3, -0.25) is 4.79 Å². The molecule has 7 nitrogen and oxygen atoms in total. The lowest BCUT2D eigenvalue weighted by molar-refractivity contribution is -0.130. The van der Waals surface area contributed by atoms with Gasteiger partial charge in [0.2, 0.25) is 5.91 Å². The predicted molar refractivity (Wildman–Crippen MR) is 97.4 cm³/mol. The fourth-order valence-electron chi connectivity index (χ4n) is 2.48. The minimum atomic E-state index is -0.524. The fraction of sp³-hybridized carbons (Fsp3) is 0.579. The average molecular weight is 364 g/mol. The van der Waals surface area contributed by atoms with Crippen molar-refractivity contribution in [2.45, 2.75) is 45.8 Å². The Morgan fingerprint density at radius 2 is 1.88 bits per heavy atom. The van der Waals surface area contributed by atoms with Crippen molar-refractivity contribution in [2.24, 2.45) is 0 Å². The summed E-state index contributed by atoms with van der Waals surface area (Å²) in [7, 11) is 1.76. The van der Waals surface area contributed by atoms with Crippen molar-refractivity contribution in [1.29, 1.82) is 0 Å². The van der Waals surface area contributed by atoms with E-state index in [4.69, 9.17) is 14.2 Å².